The number of ether oxygens (including phenoxy) is 1. The van der Waals surface area contributed by atoms with E-state index in [9.17, 15) is 28.1 Å². The van der Waals surface area contributed by atoms with Gasteiger partial charge in [0.2, 0.25) is 0 Å². The number of benzene rings is 2. The van der Waals surface area contributed by atoms with Gasteiger partial charge >= 0.3 is 6.18 Å². The molecule has 0 fully saturated rings. The topological polar surface area (TPSA) is 81.5 Å². The first-order valence-electron chi connectivity index (χ1n) is 7.06. The average Bonchev–Trinajstić information content (AvgIpc) is 2.58. The number of alkyl halides is 3. The second-order valence-electron chi connectivity index (χ2n) is 5.02. The number of hydrogen-bond donors (Lipinski definition) is 1. The van der Waals surface area contributed by atoms with Crippen molar-refractivity contribution in [3.05, 3.63) is 69.8 Å². The van der Waals surface area contributed by atoms with Gasteiger partial charge in [-0.25, -0.2) is 0 Å². The first kappa shape index (κ1) is 18.2. The third-order valence-corrected chi connectivity index (χ3v) is 3.14. The first-order chi connectivity index (χ1) is 11.8. The van der Waals surface area contributed by atoms with Crippen molar-refractivity contribution in [1.82, 2.24) is 5.32 Å². The Kier molecular flexibility index (Phi) is 5.58. The van der Waals surface area contributed by atoms with Gasteiger partial charge < -0.3 is 10.1 Å². The van der Waals surface area contributed by atoms with Gasteiger partial charge in [-0.3, -0.25) is 14.9 Å². The van der Waals surface area contributed by atoms with Crippen LogP contribution in [0, 0.1) is 10.1 Å². The number of non-ortho nitro benzene ring substituents is 1. The summed E-state index contributed by atoms with van der Waals surface area (Å²) in [7, 11) is 0. The third kappa shape index (κ3) is 5.48. The molecule has 6 nitrogen and oxygen atoms in total. The smallest absolute Gasteiger partial charge is 0.416 e. The first-order valence-corrected chi connectivity index (χ1v) is 7.06. The molecular weight excluding hydrogens is 341 g/mol. The monoisotopic (exact) mass is 354 g/mol. The van der Waals surface area contributed by atoms with Crippen LogP contribution in [0.15, 0.2) is 48.5 Å². The minimum atomic E-state index is -4.45. The number of carbonyl (C=O) groups is 1. The number of hydrogen-bond acceptors (Lipinski definition) is 4. The van der Waals surface area contributed by atoms with E-state index in [1.807, 2.05) is 0 Å². The fourth-order valence-corrected chi connectivity index (χ4v) is 1.95. The van der Waals surface area contributed by atoms with Crippen LogP contribution in [0.4, 0.5) is 18.9 Å². The molecule has 2 aromatic carbocycles. The summed E-state index contributed by atoms with van der Waals surface area (Å²) < 4.78 is 43.0. The molecule has 1 amide bonds. The number of nitro groups is 1. The number of nitro benzene ring substituents is 1. The lowest BCUT2D eigenvalue weighted by molar-refractivity contribution is -0.384. The highest BCUT2D eigenvalue weighted by Gasteiger charge is 2.30. The molecule has 0 unspecified atom stereocenters. The van der Waals surface area contributed by atoms with Crippen LogP contribution in [0.2, 0.25) is 0 Å². The van der Waals surface area contributed by atoms with Crippen molar-refractivity contribution < 1.29 is 27.6 Å². The predicted molar refractivity (Wildman–Crippen MR) is 81.9 cm³/mol. The Hall–Kier alpha value is -3.10. The zero-order valence-corrected chi connectivity index (χ0v) is 12.7. The molecule has 0 aliphatic heterocycles. The van der Waals surface area contributed by atoms with Crippen molar-refractivity contribution in [1.29, 1.82) is 0 Å². The number of nitrogens with one attached hydrogen (secondary N) is 1. The molecule has 0 saturated carbocycles. The summed E-state index contributed by atoms with van der Waals surface area (Å²) in [4.78, 5) is 21.7. The molecular formula is C16H13F3N2O4. The molecule has 2 rings (SSSR count). The number of carbonyl (C=O) groups excluding carboxylic acids is 1. The maximum absolute atomic E-state index is 12.6. The second kappa shape index (κ2) is 7.65. The van der Waals surface area contributed by atoms with Crippen LogP contribution in [0.25, 0.3) is 0 Å². The molecule has 0 aliphatic carbocycles. The maximum Gasteiger partial charge on any atom is 0.416 e. The van der Waals surface area contributed by atoms with Gasteiger partial charge in [0.15, 0.2) is 6.61 Å². The summed E-state index contributed by atoms with van der Waals surface area (Å²) in [6, 6.07) is 9.90. The van der Waals surface area contributed by atoms with Crippen molar-refractivity contribution in [2.45, 2.75) is 12.7 Å². The van der Waals surface area contributed by atoms with E-state index in [1.54, 1.807) is 0 Å². The van der Waals surface area contributed by atoms with E-state index in [1.165, 1.54) is 36.4 Å². The Morgan fingerprint density at radius 2 is 1.88 bits per heavy atom. The van der Waals surface area contributed by atoms with Gasteiger partial charge in [0.25, 0.3) is 11.6 Å². The van der Waals surface area contributed by atoms with Crippen LogP contribution in [0.5, 0.6) is 5.75 Å². The quantitative estimate of drug-likeness (QED) is 0.637. The lowest BCUT2D eigenvalue weighted by Crippen LogP contribution is -2.28. The fraction of sp³-hybridized carbons (Fsp3) is 0.188. The van der Waals surface area contributed by atoms with Crippen LogP contribution < -0.4 is 10.1 Å². The molecule has 0 atom stereocenters. The van der Waals surface area contributed by atoms with Crippen LogP contribution in [0.1, 0.15) is 11.1 Å². The van der Waals surface area contributed by atoms with E-state index >= 15 is 0 Å². The maximum atomic E-state index is 12.6. The van der Waals surface area contributed by atoms with Crippen molar-refractivity contribution in [3.63, 3.8) is 0 Å². The van der Waals surface area contributed by atoms with Crippen LogP contribution in [-0.2, 0) is 17.5 Å². The van der Waals surface area contributed by atoms with Gasteiger partial charge in [-0.15, -0.1) is 0 Å². The molecule has 0 aliphatic rings. The Morgan fingerprint density at radius 3 is 2.56 bits per heavy atom. The van der Waals surface area contributed by atoms with Crippen LogP contribution >= 0.6 is 0 Å². The standard InChI is InChI=1S/C16H13F3N2O4/c17-16(18,19)12-4-1-3-11(7-12)9-20-15(22)10-25-14-6-2-5-13(8-14)21(23)24/h1-8H,9-10H2,(H,20,22). The molecule has 0 saturated heterocycles. The average molecular weight is 354 g/mol. The van der Waals surface area contributed by atoms with Crippen molar-refractivity contribution in [3.8, 4) is 5.75 Å². The van der Waals surface area contributed by atoms with E-state index in [2.05, 4.69) is 5.32 Å². The second-order valence-corrected chi connectivity index (χ2v) is 5.02. The summed E-state index contributed by atoms with van der Waals surface area (Å²) in [5.74, 6) is -0.424. The Bertz CT molecular complexity index is 778. The Balaban J connectivity index is 1.87. The molecule has 0 radical (unpaired) electrons. The van der Waals surface area contributed by atoms with E-state index in [-0.39, 0.29) is 18.0 Å². The summed E-state index contributed by atoms with van der Waals surface area (Å²) >= 11 is 0. The molecule has 132 valence electrons. The normalized spacial score (nSPS) is 11.0. The summed E-state index contributed by atoms with van der Waals surface area (Å²) in [6.07, 6.45) is -4.45. The SMILES string of the molecule is O=C(COc1cccc([N+](=O)[O-])c1)NCc1cccc(C(F)(F)F)c1. The molecule has 9 heteroatoms. The molecule has 25 heavy (non-hydrogen) atoms. The summed E-state index contributed by atoms with van der Waals surface area (Å²) in [6.45, 7) is -0.513. The van der Waals surface area contributed by atoms with Gasteiger partial charge in [0, 0.05) is 12.6 Å². The highest BCUT2D eigenvalue weighted by Crippen LogP contribution is 2.29. The van der Waals surface area contributed by atoms with Gasteiger partial charge in [-0.2, -0.15) is 13.2 Å². The van der Waals surface area contributed by atoms with Crippen LogP contribution in [-0.4, -0.2) is 17.4 Å². The minimum absolute atomic E-state index is 0.0962. The number of rotatable bonds is 6. The van der Waals surface area contributed by atoms with Gasteiger partial charge in [0.1, 0.15) is 5.75 Å². The van der Waals surface area contributed by atoms with E-state index in [4.69, 9.17) is 4.74 Å². The third-order valence-electron chi connectivity index (χ3n) is 3.14. The largest absolute Gasteiger partial charge is 0.484 e. The summed E-state index contributed by atoms with van der Waals surface area (Å²) in [5.41, 5.74) is -0.688. The minimum Gasteiger partial charge on any atom is -0.484 e. The summed E-state index contributed by atoms with van der Waals surface area (Å²) in [5, 5.41) is 13.1. The number of nitrogens with zero attached hydrogens (tertiary/aromatic N) is 1. The lowest BCUT2D eigenvalue weighted by atomic mass is 10.1. The van der Waals surface area contributed by atoms with Gasteiger partial charge in [-0.05, 0) is 23.8 Å². The highest BCUT2D eigenvalue weighted by molar-refractivity contribution is 5.77. The fourth-order valence-electron chi connectivity index (χ4n) is 1.95. The molecule has 1 N–H and O–H groups in total. The van der Waals surface area contributed by atoms with Crippen molar-refractivity contribution >= 4 is 11.6 Å². The lowest BCUT2D eigenvalue weighted by Gasteiger charge is -2.10. The van der Waals surface area contributed by atoms with Crippen molar-refractivity contribution in [2.75, 3.05) is 6.61 Å². The van der Waals surface area contributed by atoms with E-state index in [0.29, 0.717) is 5.56 Å². The van der Waals surface area contributed by atoms with Crippen LogP contribution in [0.3, 0.4) is 0 Å². The Morgan fingerprint density at radius 1 is 1.16 bits per heavy atom. The zero-order chi connectivity index (χ0) is 18.4. The number of halogens is 3. The molecule has 2 aromatic rings. The predicted octanol–water partition coefficient (Wildman–Crippen LogP) is 3.31. The van der Waals surface area contributed by atoms with Gasteiger partial charge in [-0.1, -0.05) is 18.2 Å². The zero-order valence-electron chi connectivity index (χ0n) is 12.7. The molecule has 0 spiro atoms. The molecule has 0 aromatic heterocycles. The van der Waals surface area contributed by atoms with E-state index in [0.717, 1.165) is 12.1 Å². The highest BCUT2D eigenvalue weighted by atomic mass is 19.4. The molecule has 0 heterocycles. The molecule has 0 bridgehead atoms. The van der Waals surface area contributed by atoms with Crippen molar-refractivity contribution in [2.24, 2.45) is 0 Å². The van der Waals surface area contributed by atoms with E-state index < -0.39 is 29.2 Å². The van der Waals surface area contributed by atoms with Gasteiger partial charge in [0.05, 0.1) is 16.6 Å². The Labute approximate surface area is 140 Å². The number of amides is 1.